The molecule has 1 aliphatic heterocycles. The highest BCUT2D eigenvalue weighted by molar-refractivity contribution is 7.71. The third-order valence-corrected chi connectivity index (χ3v) is 6.98. The van der Waals surface area contributed by atoms with Crippen LogP contribution in [-0.4, -0.2) is 80.3 Å². The van der Waals surface area contributed by atoms with Crippen molar-refractivity contribution in [2.24, 2.45) is 4.99 Å². The molecule has 1 aliphatic rings. The number of nitrogens with zero attached hydrogens (tertiary/aromatic N) is 3. The first-order valence-electron chi connectivity index (χ1n) is 11.0. The zero-order chi connectivity index (χ0) is 27.8. The van der Waals surface area contributed by atoms with Crippen molar-refractivity contribution in [2.75, 3.05) is 37.6 Å². The summed E-state index contributed by atoms with van der Waals surface area (Å²) in [7, 11) is -2.65. The fourth-order valence-electron chi connectivity index (χ4n) is 3.49. The average molecular weight is 603 g/mol. The number of ketones is 1. The molecule has 2 aromatic carbocycles. The fraction of sp³-hybridized carbons (Fsp3) is 0.261. The van der Waals surface area contributed by atoms with Gasteiger partial charge in [-0.2, -0.15) is 8.42 Å². The molecule has 0 fully saturated rings. The lowest BCUT2D eigenvalue weighted by molar-refractivity contribution is -0.123. The summed E-state index contributed by atoms with van der Waals surface area (Å²) < 4.78 is 22.5. The second kappa shape index (κ2) is 13.6. The summed E-state index contributed by atoms with van der Waals surface area (Å²) in [6.07, 6.45) is -1.05. The Bertz CT molecular complexity index is 1390. The molecule has 0 saturated carbocycles. The van der Waals surface area contributed by atoms with E-state index < -0.39 is 28.8 Å². The Kier molecular flexibility index (Phi) is 10.5. The third kappa shape index (κ3) is 7.92. The maximum atomic E-state index is 12.4. The van der Waals surface area contributed by atoms with Gasteiger partial charge in [0.15, 0.2) is 5.78 Å². The minimum atomic E-state index is -2.65. The number of anilines is 1. The van der Waals surface area contributed by atoms with Gasteiger partial charge >= 0.3 is 6.09 Å². The van der Waals surface area contributed by atoms with Gasteiger partial charge in [0, 0.05) is 12.1 Å². The van der Waals surface area contributed by atoms with Crippen molar-refractivity contribution in [3.05, 3.63) is 62.6 Å². The van der Waals surface area contributed by atoms with E-state index in [9.17, 15) is 27.9 Å². The first-order valence-corrected chi connectivity index (χ1v) is 13.3. The molecule has 2 amide bonds. The fourth-order valence-corrected chi connectivity index (χ4v) is 4.52. The van der Waals surface area contributed by atoms with E-state index in [-0.39, 0.29) is 39.6 Å². The SMILES string of the molecule is O=C(CNCc1ccc(C2=NCCN2C(=O)O)cc1)CNC(=O)CN(C=S(=O)=O)c1ccc(Cl)c(Cl)c1Cl. The van der Waals surface area contributed by atoms with Gasteiger partial charge < -0.3 is 20.6 Å². The molecular weight excluding hydrogens is 581 g/mol. The molecule has 202 valence electrons. The van der Waals surface area contributed by atoms with Gasteiger partial charge in [-0.05, 0) is 17.7 Å². The monoisotopic (exact) mass is 601 g/mol. The molecule has 1 heterocycles. The molecular formula is C23H22Cl3N5O6S. The number of hydrogen-bond donors (Lipinski definition) is 3. The van der Waals surface area contributed by atoms with Gasteiger partial charge in [-0.1, -0.05) is 59.1 Å². The van der Waals surface area contributed by atoms with Crippen molar-refractivity contribution in [3.63, 3.8) is 0 Å². The van der Waals surface area contributed by atoms with Crippen LogP contribution in [0.5, 0.6) is 0 Å². The molecule has 0 atom stereocenters. The Morgan fingerprint density at radius 2 is 1.76 bits per heavy atom. The molecule has 2 aromatic rings. The van der Waals surface area contributed by atoms with Crippen LogP contribution in [0, 0.1) is 0 Å². The van der Waals surface area contributed by atoms with Crippen molar-refractivity contribution in [1.82, 2.24) is 15.5 Å². The summed E-state index contributed by atoms with van der Waals surface area (Å²) in [5.74, 6) is -0.520. The number of halogens is 3. The number of hydrogen-bond acceptors (Lipinski definition) is 7. The van der Waals surface area contributed by atoms with Crippen molar-refractivity contribution < 1.29 is 27.9 Å². The molecule has 0 radical (unpaired) electrons. The van der Waals surface area contributed by atoms with Crippen molar-refractivity contribution in [3.8, 4) is 0 Å². The quantitative estimate of drug-likeness (QED) is 0.262. The molecule has 0 unspecified atom stereocenters. The van der Waals surface area contributed by atoms with Gasteiger partial charge in [0.05, 0.1) is 46.9 Å². The van der Waals surface area contributed by atoms with E-state index >= 15 is 0 Å². The molecule has 3 N–H and O–H groups in total. The lowest BCUT2D eigenvalue weighted by Crippen LogP contribution is -2.40. The van der Waals surface area contributed by atoms with Gasteiger partial charge in [0.1, 0.15) is 17.9 Å². The second-order valence-electron chi connectivity index (χ2n) is 7.94. The molecule has 15 heteroatoms. The van der Waals surface area contributed by atoms with Gasteiger partial charge in [-0.15, -0.1) is 0 Å². The summed E-state index contributed by atoms with van der Waals surface area (Å²) in [6, 6.07) is 9.95. The Morgan fingerprint density at radius 3 is 2.42 bits per heavy atom. The average Bonchev–Trinajstić information content (AvgIpc) is 3.36. The lowest BCUT2D eigenvalue weighted by atomic mass is 10.1. The van der Waals surface area contributed by atoms with Crippen LogP contribution in [0.3, 0.4) is 0 Å². The number of carbonyl (C=O) groups is 3. The van der Waals surface area contributed by atoms with E-state index in [0.29, 0.717) is 31.0 Å². The molecule has 0 bridgehead atoms. The zero-order valence-corrected chi connectivity index (χ0v) is 22.7. The Hall–Kier alpha value is -3.16. The first kappa shape index (κ1) is 29.4. The van der Waals surface area contributed by atoms with E-state index in [0.717, 1.165) is 16.0 Å². The highest BCUT2D eigenvalue weighted by Crippen LogP contribution is 2.37. The predicted octanol–water partition coefficient (Wildman–Crippen LogP) is 2.31. The maximum absolute atomic E-state index is 12.4. The normalized spacial score (nSPS) is 12.6. The van der Waals surface area contributed by atoms with Crippen molar-refractivity contribution >= 4 is 79.9 Å². The number of carboxylic acid groups (broad SMARTS) is 1. The molecule has 0 saturated heterocycles. The van der Waals surface area contributed by atoms with Crippen LogP contribution in [0.1, 0.15) is 11.1 Å². The number of Topliss-reactive ketones (excluding diaryl/α,β-unsaturated/α-hetero) is 1. The van der Waals surface area contributed by atoms with E-state index in [4.69, 9.17) is 34.8 Å². The number of nitrogens with one attached hydrogen (secondary N) is 2. The van der Waals surface area contributed by atoms with E-state index in [1.54, 1.807) is 24.3 Å². The van der Waals surface area contributed by atoms with Crippen molar-refractivity contribution in [1.29, 1.82) is 0 Å². The predicted molar refractivity (Wildman–Crippen MR) is 146 cm³/mol. The standard InChI is InChI=1S/C23H22Cl3N5O6S/c24-17-5-6-18(21(26)20(17)25)30(13-38(36)37)12-19(33)29-11-16(32)10-27-9-14-1-3-15(4-2-14)22-28-7-8-31(22)23(34)35/h1-6,13,27H,7-12H2,(H,29,33)(H,34,35). The van der Waals surface area contributed by atoms with Gasteiger partial charge in [0.2, 0.25) is 16.2 Å². The molecule has 11 nitrogen and oxygen atoms in total. The van der Waals surface area contributed by atoms with E-state index in [1.807, 2.05) is 0 Å². The number of amidine groups is 1. The molecule has 0 spiro atoms. The van der Waals surface area contributed by atoms with Crippen molar-refractivity contribution in [2.45, 2.75) is 6.54 Å². The highest BCUT2D eigenvalue weighted by Gasteiger charge is 2.24. The summed E-state index contributed by atoms with van der Waals surface area (Å²) in [5.41, 5.74) is 2.45. The van der Waals surface area contributed by atoms with Gasteiger partial charge in [-0.3, -0.25) is 19.5 Å². The van der Waals surface area contributed by atoms with Crippen LogP contribution >= 0.6 is 34.8 Å². The molecule has 0 aliphatic carbocycles. The molecule has 0 aromatic heterocycles. The number of aliphatic imine (C=N–C) groups is 1. The van der Waals surface area contributed by atoms with Crippen LogP contribution in [0.15, 0.2) is 41.4 Å². The Morgan fingerprint density at radius 1 is 1.05 bits per heavy atom. The highest BCUT2D eigenvalue weighted by atomic mass is 35.5. The molecule has 3 rings (SSSR count). The van der Waals surface area contributed by atoms with Crippen LogP contribution in [0.25, 0.3) is 0 Å². The first-order chi connectivity index (χ1) is 18.1. The van der Waals surface area contributed by atoms with E-state index in [2.05, 4.69) is 15.6 Å². The van der Waals surface area contributed by atoms with Gasteiger partial charge in [0.25, 0.3) is 0 Å². The molecule has 38 heavy (non-hydrogen) atoms. The van der Waals surface area contributed by atoms with Crippen LogP contribution in [-0.2, 0) is 26.4 Å². The number of carbonyl (C=O) groups excluding carboxylic acids is 2. The maximum Gasteiger partial charge on any atom is 0.413 e. The zero-order valence-electron chi connectivity index (χ0n) is 19.7. The number of benzene rings is 2. The van der Waals surface area contributed by atoms with E-state index in [1.165, 1.54) is 17.0 Å². The number of amides is 2. The summed E-state index contributed by atoms with van der Waals surface area (Å²) in [6.45, 7) is 0.359. The summed E-state index contributed by atoms with van der Waals surface area (Å²) in [4.78, 5) is 42.4. The Labute approximate surface area is 234 Å². The van der Waals surface area contributed by atoms with Crippen LogP contribution < -0.4 is 15.5 Å². The Balaban J connectivity index is 1.47. The summed E-state index contributed by atoms with van der Waals surface area (Å²) >= 11 is 18.1. The second-order valence-corrected chi connectivity index (χ2v) is 9.84. The summed E-state index contributed by atoms with van der Waals surface area (Å²) in [5, 5.41) is 14.8. The smallest absolute Gasteiger partial charge is 0.413 e. The third-order valence-electron chi connectivity index (χ3n) is 5.27. The van der Waals surface area contributed by atoms with Gasteiger partial charge in [-0.25, -0.2) is 4.79 Å². The largest absolute Gasteiger partial charge is 0.465 e. The minimum Gasteiger partial charge on any atom is -0.465 e. The topological polar surface area (TPSA) is 148 Å². The minimum absolute atomic E-state index is 0.00624. The van der Waals surface area contributed by atoms with Crippen LogP contribution in [0.2, 0.25) is 15.1 Å². The lowest BCUT2D eigenvalue weighted by Gasteiger charge is -2.20. The number of rotatable bonds is 11. The van der Waals surface area contributed by atoms with Crippen LogP contribution in [0.4, 0.5) is 10.5 Å².